The summed E-state index contributed by atoms with van der Waals surface area (Å²) in [7, 11) is 1.76. The first kappa shape index (κ1) is 16.3. The number of hydrogen-bond donors (Lipinski definition) is 2. The Labute approximate surface area is 124 Å². The molecule has 1 unspecified atom stereocenters. The third kappa shape index (κ3) is 4.42. The van der Waals surface area contributed by atoms with Crippen LogP contribution in [0.4, 0.5) is 5.69 Å². The Bertz CT molecular complexity index is 476. The third-order valence-electron chi connectivity index (χ3n) is 3.34. The van der Waals surface area contributed by atoms with E-state index in [1.54, 1.807) is 24.1 Å². The molecule has 20 heavy (non-hydrogen) atoms. The molecule has 2 rings (SSSR count). The standard InChI is InChI=1S/C14H19N3O2.ClH/c1-17-9-12(6-7-14(17)19)16-13(18)8-10-2-4-11(15)5-3-10;/h2-5,12H,6-9,15H2,1H3,(H,16,18);1H. The quantitative estimate of drug-likeness (QED) is 0.816. The van der Waals surface area contributed by atoms with E-state index >= 15 is 0 Å². The Morgan fingerprint density at radius 2 is 2.05 bits per heavy atom. The number of anilines is 1. The van der Waals surface area contributed by atoms with Crippen molar-refractivity contribution in [2.45, 2.75) is 25.3 Å². The molecule has 0 radical (unpaired) electrons. The fourth-order valence-corrected chi connectivity index (χ4v) is 2.23. The summed E-state index contributed by atoms with van der Waals surface area (Å²) in [6, 6.07) is 7.34. The fraction of sp³-hybridized carbons (Fsp3) is 0.429. The average Bonchev–Trinajstić information content (AvgIpc) is 2.37. The van der Waals surface area contributed by atoms with Crippen molar-refractivity contribution >= 4 is 29.9 Å². The van der Waals surface area contributed by atoms with Crippen LogP contribution in [0.2, 0.25) is 0 Å². The highest BCUT2D eigenvalue weighted by Crippen LogP contribution is 2.10. The normalized spacial score (nSPS) is 18.4. The van der Waals surface area contributed by atoms with Crippen LogP contribution in [0.1, 0.15) is 18.4 Å². The van der Waals surface area contributed by atoms with Crippen LogP contribution in [0.15, 0.2) is 24.3 Å². The summed E-state index contributed by atoms with van der Waals surface area (Å²) in [4.78, 5) is 24.9. The molecule has 0 spiro atoms. The van der Waals surface area contributed by atoms with Gasteiger partial charge in [0.25, 0.3) is 0 Å². The Balaban J connectivity index is 0.00000200. The number of likely N-dealkylation sites (N-methyl/N-ethyl adjacent to an activating group) is 1. The van der Waals surface area contributed by atoms with Crippen molar-refractivity contribution in [1.82, 2.24) is 10.2 Å². The predicted molar refractivity (Wildman–Crippen MR) is 80.6 cm³/mol. The predicted octanol–water partition coefficient (Wildman–Crippen LogP) is 0.970. The first-order chi connectivity index (χ1) is 9.04. The molecule has 1 aliphatic heterocycles. The zero-order valence-electron chi connectivity index (χ0n) is 11.5. The van der Waals surface area contributed by atoms with Crippen molar-refractivity contribution in [3.8, 4) is 0 Å². The molecule has 1 aromatic rings. The fourth-order valence-electron chi connectivity index (χ4n) is 2.23. The van der Waals surface area contributed by atoms with E-state index in [0.717, 1.165) is 12.0 Å². The van der Waals surface area contributed by atoms with E-state index < -0.39 is 0 Å². The van der Waals surface area contributed by atoms with E-state index in [0.29, 0.717) is 25.1 Å². The van der Waals surface area contributed by atoms with Gasteiger partial charge in [-0.25, -0.2) is 0 Å². The highest BCUT2D eigenvalue weighted by molar-refractivity contribution is 5.85. The van der Waals surface area contributed by atoms with E-state index in [1.807, 2.05) is 12.1 Å². The molecule has 1 fully saturated rings. The second-order valence-electron chi connectivity index (χ2n) is 5.00. The number of nitrogen functional groups attached to an aromatic ring is 1. The van der Waals surface area contributed by atoms with Crippen LogP contribution in [0.5, 0.6) is 0 Å². The van der Waals surface area contributed by atoms with Gasteiger partial charge < -0.3 is 16.0 Å². The van der Waals surface area contributed by atoms with E-state index in [-0.39, 0.29) is 30.3 Å². The van der Waals surface area contributed by atoms with Crippen LogP contribution in [0.3, 0.4) is 0 Å². The van der Waals surface area contributed by atoms with E-state index in [9.17, 15) is 9.59 Å². The Kier molecular flexibility index (Phi) is 5.82. The third-order valence-corrected chi connectivity index (χ3v) is 3.34. The smallest absolute Gasteiger partial charge is 0.224 e. The molecule has 0 aliphatic carbocycles. The number of halogens is 1. The number of carbonyl (C=O) groups is 2. The van der Waals surface area contributed by atoms with Gasteiger partial charge in [-0.3, -0.25) is 9.59 Å². The number of carbonyl (C=O) groups excluding carboxylic acids is 2. The number of hydrogen-bond acceptors (Lipinski definition) is 3. The number of amides is 2. The molecule has 3 N–H and O–H groups in total. The molecule has 1 saturated heterocycles. The minimum Gasteiger partial charge on any atom is -0.399 e. The number of piperidine rings is 1. The van der Waals surface area contributed by atoms with Crippen LogP contribution in [-0.4, -0.2) is 36.3 Å². The van der Waals surface area contributed by atoms with E-state index in [4.69, 9.17) is 5.73 Å². The van der Waals surface area contributed by atoms with E-state index in [1.165, 1.54) is 0 Å². The zero-order chi connectivity index (χ0) is 13.8. The van der Waals surface area contributed by atoms with Crippen molar-refractivity contribution in [1.29, 1.82) is 0 Å². The Hall–Kier alpha value is -1.75. The molecule has 110 valence electrons. The summed E-state index contributed by atoms with van der Waals surface area (Å²) in [6.45, 7) is 0.590. The largest absolute Gasteiger partial charge is 0.399 e. The molecule has 1 atom stereocenters. The number of nitrogens with one attached hydrogen (secondary N) is 1. The SMILES string of the molecule is CN1CC(NC(=O)Cc2ccc(N)cc2)CCC1=O.Cl. The van der Waals surface area contributed by atoms with Crippen molar-refractivity contribution in [2.24, 2.45) is 0 Å². The van der Waals surface area contributed by atoms with Crippen LogP contribution >= 0.6 is 12.4 Å². The molecule has 1 heterocycles. The topological polar surface area (TPSA) is 75.4 Å². The number of nitrogens with two attached hydrogens (primary N) is 1. The number of nitrogens with zero attached hydrogens (tertiary/aromatic N) is 1. The maximum Gasteiger partial charge on any atom is 0.224 e. The minimum absolute atomic E-state index is 0. The second kappa shape index (κ2) is 7.14. The van der Waals surface area contributed by atoms with Gasteiger partial charge in [0.2, 0.25) is 11.8 Å². The summed E-state index contributed by atoms with van der Waals surface area (Å²) in [5.74, 6) is 0.126. The van der Waals surface area contributed by atoms with Gasteiger partial charge in [0.05, 0.1) is 6.42 Å². The number of rotatable bonds is 3. The summed E-state index contributed by atoms with van der Waals surface area (Å²) in [6.07, 6.45) is 1.56. The lowest BCUT2D eigenvalue weighted by molar-refractivity contribution is -0.133. The lowest BCUT2D eigenvalue weighted by atomic mass is 10.0. The molecule has 1 aromatic carbocycles. The van der Waals surface area contributed by atoms with Crippen molar-refractivity contribution in [3.05, 3.63) is 29.8 Å². The van der Waals surface area contributed by atoms with Crippen molar-refractivity contribution in [3.63, 3.8) is 0 Å². The Morgan fingerprint density at radius 3 is 2.65 bits per heavy atom. The number of benzene rings is 1. The molecule has 2 amide bonds. The molecule has 6 heteroatoms. The average molecular weight is 298 g/mol. The Morgan fingerprint density at radius 1 is 1.40 bits per heavy atom. The highest BCUT2D eigenvalue weighted by Gasteiger charge is 2.23. The molecular weight excluding hydrogens is 278 g/mol. The minimum atomic E-state index is -0.0162. The van der Waals surface area contributed by atoms with Crippen LogP contribution in [0, 0.1) is 0 Å². The van der Waals surface area contributed by atoms with Gasteiger partial charge in [0.1, 0.15) is 0 Å². The first-order valence-corrected chi connectivity index (χ1v) is 6.42. The van der Waals surface area contributed by atoms with Gasteiger partial charge in [0.15, 0.2) is 0 Å². The summed E-state index contributed by atoms with van der Waals surface area (Å²) in [5.41, 5.74) is 7.23. The van der Waals surface area contributed by atoms with Gasteiger partial charge in [-0.2, -0.15) is 0 Å². The molecule has 1 aliphatic rings. The van der Waals surface area contributed by atoms with Gasteiger partial charge in [-0.1, -0.05) is 12.1 Å². The van der Waals surface area contributed by atoms with Gasteiger partial charge in [-0.05, 0) is 24.1 Å². The monoisotopic (exact) mass is 297 g/mol. The maximum atomic E-state index is 11.9. The van der Waals surface area contributed by atoms with E-state index in [2.05, 4.69) is 5.32 Å². The molecule has 0 saturated carbocycles. The van der Waals surface area contributed by atoms with Crippen LogP contribution in [-0.2, 0) is 16.0 Å². The lowest BCUT2D eigenvalue weighted by Crippen LogP contribution is -2.48. The lowest BCUT2D eigenvalue weighted by Gasteiger charge is -2.30. The maximum absolute atomic E-state index is 11.9. The summed E-state index contributed by atoms with van der Waals surface area (Å²) < 4.78 is 0. The number of likely N-dealkylation sites (tertiary alicyclic amines) is 1. The van der Waals surface area contributed by atoms with Gasteiger partial charge in [0, 0.05) is 31.7 Å². The summed E-state index contributed by atoms with van der Waals surface area (Å²) >= 11 is 0. The summed E-state index contributed by atoms with van der Waals surface area (Å²) in [5, 5.41) is 2.97. The van der Waals surface area contributed by atoms with Crippen LogP contribution < -0.4 is 11.1 Å². The second-order valence-corrected chi connectivity index (χ2v) is 5.00. The molecule has 0 aromatic heterocycles. The molecular formula is C14H20ClN3O2. The van der Waals surface area contributed by atoms with Gasteiger partial charge >= 0.3 is 0 Å². The highest BCUT2D eigenvalue weighted by atomic mass is 35.5. The first-order valence-electron chi connectivity index (χ1n) is 6.42. The van der Waals surface area contributed by atoms with Crippen molar-refractivity contribution in [2.75, 3.05) is 19.3 Å². The van der Waals surface area contributed by atoms with Crippen LogP contribution in [0.25, 0.3) is 0 Å². The molecule has 5 nitrogen and oxygen atoms in total. The molecule has 0 bridgehead atoms. The van der Waals surface area contributed by atoms with Crippen molar-refractivity contribution < 1.29 is 9.59 Å². The zero-order valence-corrected chi connectivity index (χ0v) is 12.3. The van der Waals surface area contributed by atoms with Gasteiger partial charge in [-0.15, -0.1) is 12.4 Å².